The molecule has 30 heavy (non-hydrogen) atoms. The van der Waals surface area contributed by atoms with E-state index in [2.05, 4.69) is 12.2 Å². The molecule has 0 atom stereocenters. The van der Waals surface area contributed by atoms with Gasteiger partial charge in [0.2, 0.25) is 15.9 Å². The average Bonchev–Trinajstić information content (AvgIpc) is 2.73. The van der Waals surface area contributed by atoms with Crippen LogP contribution in [-0.4, -0.2) is 44.2 Å². The predicted octanol–water partition coefficient (Wildman–Crippen LogP) is 3.01. The Morgan fingerprint density at radius 3 is 2.53 bits per heavy atom. The van der Waals surface area contributed by atoms with E-state index in [-0.39, 0.29) is 28.8 Å². The second-order valence-corrected chi connectivity index (χ2v) is 9.96. The van der Waals surface area contributed by atoms with Gasteiger partial charge in [0, 0.05) is 18.7 Å². The standard InChI is InChI=1S/C22H25N3O4S/c1-15-9-11-24(12-10-15)30(28,29)17-8-7-16(2)18(13-17)22(27)25-14-21(26)23-19-5-3-4-6-20(19)25/h3-8,13,15H,9-12,14H2,1-2H3,(H,23,26). The van der Waals surface area contributed by atoms with Gasteiger partial charge in [0.15, 0.2) is 0 Å². The summed E-state index contributed by atoms with van der Waals surface area (Å²) in [5.41, 5.74) is 2.10. The maximum absolute atomic E-state index is 13.4. The van der Waals surface area contributed by atoms with Gasteiger partial charge in [0.25, 0.3) is 5.91 Å². The van der Waals surface area contributed by atoms with E-state index >= 15 is 0 Å². The molecule has 2 aliphatic rings. The summed E-state index contributed by atoms with van der Waals surface area (Å²) in [6.45, 7) is 4.75. The minimum absolute atomic E-state index is 0.112. The number of rotatable bonds is 3. The van der Waals surface area contributed by atoms with Crippen LogP contribution in [0.1, 0.15) is 35.7 Å². The van der Waals surface area contributed by atoms with Crippen LogP contribution in [0.25, 0.3) is 0 Å². The van der Waals surface area contributed by atoms with Crippen molar-refractivity contribution in [3.05, 3.63) is 53.6 Å². The first-order valence-corrected chi connectivity index (χ1v) is 11.5. The average molecular weight is 428 g/mol. The number of benzene rings is 2. The predicted molar refractivity (Wildman–Crippen MR) is 115 cm³/mol. The summed E-state index contributed by atoms with van der Waals surface area (Å²) >= 11 is 0. The molecule has 0 bridgehead atoms. The van der Waals surface area contributed by atoms with Gasteiger partial charge in [-0.15, -0.1) is 0 Å². The maximum atomic E-state index is 13.4. The van der Waals surface area contributed by atoms with Gasteiger partial charge in [-0.1, -0.05) is 25.1 Å². The Balaban J connectivity index is 1.69. The highest BCUT2D eigenvalue weighted by Gasteiger charge is 2.31. The highest BCUT2D eigenvalue weighted by molar-refractivity contribution is 7.89. The van der Waals surface area contributed by atoms with Crippen molar-refractivity contribution in [3.63, 3.8) is 0 Å². The van der Waals surface area contributed by atoms with Crippen molar-refractivity contribution in [3.8, 4) is 0 Å². The summed E-state index contributed by atoms with van der Waals surface area (Å²) < 4.78 is 27.8. The Labute approximate surface area is 176 Å². The molecule has 0 saturated carbocycles. The van der Waals surface area contributed by atoms with Gasteiger partial charge in [-0.25, -0.2) is 8.42 Å². The third-order valence-electron chi connectivity index (χ3n) is 5.84. The minimum atomic E-state index is -3.68. The summed E-state index contributed by atoms with van der Waals surface area (Å²) in [7, 11) is -3.68. The molecule has 1 saturated heterocycles. The first kappa shape index (κ1) is 20.6. The van der Waals surface area contributed by atoms with Crippen molar-refractivity contribution in [2.45, 2.75) is 31.6 Å². The lowest BCUT2D eigenvalue weighted by Gasteiger charge is -2.30. The number of nitrogens with one attached hydrogen (secondary N) is 1. The van der Waals surface area contributed by atoms with Crippen molar-refractivity contribution < 1.29 is 18.0 Å². The zero-order chi connectivity index (χ0) is 21.5. The molecule has 4 rings (SSSR count). The highest BCUT2D eigenvalue weighted by Crippen LogP contribution is 2.31. The molecule has 7 nitrogen and oxygen atoms in total. The van der Waals surface area contributed by atoms with Crippen LogP contribution in [0.2, 0.25) is 0 Å². The number of hydrogen-bond donors (Lipinski definition) is 1. The maximum Gasteiger partial charge on any atom is 0.259 e. The molecule has 0 aromatic heterocycles. The molecule has 2 aromatic rings. The van der Waals surface area contributed by atoms with Crippen molar-refractivity contribution in [1.82, 2.24) is 4.31 Å². The summed E-state index contributed by atoms with van der Waals surface area (Å²) in [6, 6.07) is 11.7. The van der Waals surface area contributed by atoms with Crippen LogP contribution in [-0.2, 0) is 14.8 Å². The molecule has 8 heteroatoms. The highest BCUT2D eigenvalue weighted by atomic mass is 32.2. The van der Waals surface area contributed by atoms with Crippen LogP contribution in [0, 0.1) is 12.8 Å². The molecular formula is C22H25N3O4S. The molecule has 158 valence electrons. The molecule has 1 fully saturated rings. The quantitative estimate of drug-likeness (QED) is 0.816. The van der Waals surface area contributed by atoms with Gasteiger partial charge in [0.05, 0.1) is 16.3 Å². The number of piperidine rings is 1. The van der Waals surface area contributed by atoms with Crippen LogP contribution < -0.4 is 10.2 Å². The topological polar surface area (TPSA) is 86.8 Å². The van der Waals surface area contributed by atoms with E-state index in [0.29, 0.717) is 35.9 Å². The Bertz CT molecular complexity index is 1110. The number of carbonyl (C=O) groups excluding carboxylic acids is 2. The van der Waals surface area contributed by atoms with Crippen LogP contribution in [0.15, 0.2) is 47.4 Å². The van der Waals surface area contributed by atoms with Crippen molar-refractivity contribution in [2.75, 3.05) is 29.9 Å². The zero-order valence-corrected chi connectivity index (χ0v) is 17.9. The SMILES string of the molecule is Cc1ccc(S(=O)(=O)N2CCC(C)CC2)cc1C(=O)N1CC(=O)Nc2ccccc21. The lowest BCUT2D eigenvalue weighted by Crippen LogP contribution is -2.42. The fraction of sp³-hybridized carbons (Fsp3) is 0.364. The molecule has 1 N–H and O–H groups in total. The van der Waals surface area contributed by atoms with Crippen molar-refractivity contribution >= 4 is 33.2 Å². The van der Waals surface area contributed by atoms with Gasteiger partial charge in [-0.3, -0.25) is 14.5 Å². The van der Waals surface area contributed by atoms with Crippen LogP contribution >= 0.6 is 0 Å². The minimum Gasteiger partial charge on any atom is -0.323 e. The Hall–Kier alpha value is -2.71. The van der Waals surface area contributed by atoms with Crippen LogP contribution in [0.4, 0.5) is 11.4 Å². The summed E-state index contributed by atoms with van der Waals surface area (Å²) in [4.78, 5) is 27.0. The van der Waals surface area contributed by atoms with E-state index in [1.807, 2.05) is 0 Å². The second-order valence-electron chi connectivity index (χ2n) is 8.02. The largest absolute Gasteiger partial charge is 0.323 e. The number of aryl methyl sites for hydroxylation is 1. The third-order valence-corrected chi connectivity index (χ3v) is 7.73. The lowest BCUT2D eigenvalue weighted by molar-refractivity contribution is -0.115. The van der Waals surface area contributed by atoms with Crippen LogP contribution in [0.5, 0.6) is 0 Å². The van der Waals surface area contributed by atoms with Crippen LogP contribution in [0.3, 0.4) is 0 Å². The van der Waals surface area contributed by atoms with E-state index in [1.165, 1.54) is 15.3 Å². The number of anilines is 2. The number of hydrogen-bond acceptors (Lipinski definition) is 4. The van der Waals surface area contributed by atoms with Gasteiger partial charge < -0.3 is 5.32 Å². The van der Waals surface area contributed by atoms with E-state index in [4.69, 9.17) is 0 Å². The molecule has 2 amide bonds. The lowest BCUT2D eigenvalue weighted by atomic mass is 10.0. The molecule has 0 aliphatic carbocycles. The van der Waals surface area contributed by atoms with Crippen molar-refractivity contribution in [2.24, 2.45) is 5.92 Å². The Morgan fingerprint density at radius 2 is 1.80 bits per heavy atom. The Kier molecular flexibility index (Phi) is 5.38. The molecule has 0 unspecified atom stereocenters. The number of amides is 2. The number of fused-ring (bicyclic) bond motifs is 1. The van der Waals surface area contributed by atoms with E-state index in [1.54, 1.807) is 43.3 Å². The summed E-state index contributed by atoms with van der Waals surface area (Å²) in [5.74, 6) is -0.165. The van der Waals surface area contributed by atoms with Crippen molar-refractivity contribution in [1.29, 1.82) is 0 Å². The Morgan fingerprint density at radius 1 is 1.10 bits per heavy atom. The summed E-state index contributed by atoms with van der Waals surface area (Å²) in [6.07, 6.45) is 1.66. The number of carbonyl (C=O) groups is 2. The van der Waals surface area contributed by atoms with Gasteiger partial charge in [0.1, 0.15) is 6.54 Å². The molecule has 2 heterocycles. The normalized spacial score (nSPS) is 18.1. The van der Waals surface area contributed by atoms with E-state index < -0.39 is 10.0 Å². The van der Waals surface area contributed by atoms with E-state index in [9.17, 15) is 18.0 Å². The van der Waals surface area contributed by atoms with E-state index in [0.717, 1.165) is 12.8 Å². The molecule has 2 aromatic carbocycles. The number of para-hydroxylation sites is 2. The fourth-order valence-corrected chi connectivity index (χ4v) is 5.42. The molecule has 0 radical (unpaired) electrons. The smallest absolute Gasteiger partial charge is 0.259 e. The molecule has 0 spiro atoms. The molecular weight excluding hydrogens is 402 g/mol. The monoisotopic (exact) mass is 427 g/mol. The first-order chi connectivity index (χ1) is 14.3. The number of sulfonamides is 1. The number of nitrogens with zero attached hydrogens (tertiary/aromatic N) is 2. The molecule has 2 aliphatic heterocycles. The zero-order valence-electron chi connectivity index (χ0n) is 17.1. The van der Waals surface area contributed by atoms with Gasteiger partial charge in [-0.05, 0) is 55.5 Å². The summed E-state index contributed by atoms with van der Waals surface area (Å²) in [5, 5.41) is 2.76. The third kappa shape index (κ3) is 3.73. The first-order valence-electron chi connectivity index (χ1n) is 10.1. The second kappa shape index (κ2) is 7.85. The van der Waals surface area contributed by atoms with Gasteiger partial charge >= 0.3 is 0 Å². The van der Waals surface area contributed by atoms with Gasteiger partial charge in [-0.2, -0.15) is 4.31 Å². The fourth-order valence-electron chi connectivity index (χ4n) is 3.93.